The number of hydrogen-bond acceptors (Lipinski definition) is 6. The van der Waals surface area contributed by atoms with Crippen LogP contribution >= 0.6 is 15.9 Å². The highest BCUT2D eigenvalue weighted by molar-refractivity contribution is 9.10. The van der Waals surface area contributed by atoms with Gasteiger partial charge >= 0.3 is 0 Å². The Labute approximate surface area is 159 Å². The van der Waals surface area contributed by atoms with Crippen LogP contribution < -0.4 is 21.3 Å². The lowest BCUT2D eigenvalue weighted by molar-refractivity contribution is -0.110. The summed E-state index contributed by atoms with van der Waals surface area (Å²) >= 11 is 3.59. The lowest BCUT2D eigenvalue weighted by Crippen LogP contribution is -2.43. The maximum Gasteiger partial charge on any atom is 0.273 e. The summed E-state index contributed by atoms with van der Waals surface area (Å²) in [4.78, 5) is 22.0. The van der Waals surface area contributed by atoms with Crippen LogP contribution in [0.1, 0.15) is 12.8 Å². The van der Waals surface area contributed by atoms with Gasteiger partial charge < -0.3 is 26.3 Å². The van der Waals surface area contributed by atoms with Crippen LogP contribution in [0.3, 0.4) is 0 Å². The van der Waals surface area contributed by atoms with Gasteiger partial charge in [0.05, 0.1) is 21.2 Å². The number of amides is 1. The summed E-state index contributed by atoms with van der Waals surface area (Å²) in [6, 6.07) is 0.121. The Hall–Kier alpha value is -2.39. The summed E-state index contributed by atoms with van der Waals surface area (Å²) in [6.45, 7) is 1.64. The van der Waals surface area contributed by atoms with E-state index in [4.69, 9.17) is 11.1 Å². The Kier molecular flexibility index (Phi) is 5.58. The Morgan fingerprint density at radius 3 is 3.12 bits per heavy atom. The highest BCUT2D eigenvalue weighted by atomic mass is 79.9. The zero-order chi connectivity index (χ0) is 18.7. The van der Waals surface area contributed by atoms with E-state index in [9.17, 15) is 4.79 Å². The fraction of sp³-hybridized carbons (Fsp3) is 0.353. The molecule has 1 atom stereocenters. The van der Waals surface area contributed by atoms with Gasteiger partial charge in [-0.1, -0.05) is 0 Å². The maximum absolute atomic E-state index is 12.3. The van der Waals surface area contributed by atoms with E-state index in [2.05, 4.69) is 41.4 Å². The molecule has 1 fully saturated rings. The third-order valence-electron chi connectivity index (χ3n) is 4.31. The summed E-state index contributed by atoms with van der Waals surface area (Å²) in [6.07, 6.45) is 8.41. The number of hydrogen-bond donors (Lipinski definition) is 5. The zero-order valence-electron chi connectivity index (χ0n) is 14.5. The quantitative estimate of drug-likeness (QED) is 0.473. The molecule has 8 nitrogen and oxygen atoms in total. The minimum atomic E-state index is -0.487. The second kappa shape index (κ2) is 7.88. The summed E-state index contributed by atoms with van der Waals surface area (Å²) in [5, 5.41) is 14.2. The Bertz CT molecular complexity index is 860. The molecule has 3 heterocycles. The van der Waals surface area contributed by atoms with Crippen molar-refractivity contribution in [2.45, 2.75) is 18.9 Å². The predicted octanol–water partition coefficient (Wildman–Crippen LogP) is 1.94. The molecule has 0 aliphatic carbocycles. The normalized spacial score (nSPS) is 17.7. The van der Waals surface area contributed by atoms with Crippen LogP contribution in [0.4, 0.5) is 11.4 Å². The number of halogens is 1. The average molecular weight is 420 g/mol. The smallest absolute Gasteiger partial charge is 0.273 e. The molecule has 1 aliphatic rings. The first-order chi connectivity index (χ1) is 12.5. The van der Waals surface area contributed by atoms with Gasteiger partial charge in [-0.25, -0.2) is 4.98 Å². The number of aromatic amines is 1. The van der Waals surface area contributed by atoms with Gasteiger partial charge in [-0.3, -0.25) is 10.2 Å². The van der Waals surface area contributed by atoms with Crippen LogP contribution in [0.2, 0.25) is 0 Å². The van der Waals surface area contributed by atoms with Crippen LogP contribution in [-0.2, 0) is 4.79 Å². The molecule has 0 bridgehead atoms. The molecule has 2 aromatic heterocycles. The van der Waals surface area contributed by atoms with Gasteiger partial charge in [-0.15, -0.1) is 0 Å². The van der Waals surface area contributed by atoms with E-state index in [0.29, 0.717) is 11.3 Å². The molecule has 1 amide bonds. The van der Waals surface area contributed by atoms with Crippen molar-refractivity contribution in [1.82, 2.24) is 15.3 Å². The number of aromatic nitrogens is 2. The predicted molar refractivity (Wildman–Crippen MR) is 108 cm³/mol. The second-order valence-corrected chi connectivity index (χ2v) is 7.07. The SMILES string of the molecule is CN/C=C\C(=N)C(=O)Nc1c[nH]c2ncc(Br)c(N3CCC[C@@H](N)C3)c12. The highest BCUT2D eigenvalue weighted by Gasteiger charge is 2.24. The fourth-order valence-electron chi connectivity index (χ4n) is 3.11. The number of carbonyl (C=O) groups is 1. The second-order valence-electron chi connectivity index (χ2n) is 6.22. The molecule has 9 heteroatoms. The summed E-state index contributed by atoms with van der Waals surface area (Å²) < 4.78 is 0.847. The number of nitrogens with two attached hydrogens (primary N) is 1. The third kappa shape index (κ3) is 3.73. The molecule has 0 radical (unpaired) electrons. The van der Waals surface area contributed by atoms with E-state index in [0.717, 1.165) is 41.5 Å². The first-order valence-electron chi connectivity index (χ1n) is 8.41. The monoisotopic (exact) mass is 419 g/mol. The van der Waals surface area contributed by atoms with Crippen molar-refractivity contribution in [3.8, 4) is 0 Å². The molecule has 2 aromatic rings. The van der Waals surface area contributed by atoms with Gasteiger partial charge in [0.15, 0.2) is 0 Å². The van der Waals surface area contributed by atoms with Crippen molar-refractivity contribution in [2.75, 3.05) is 30.4 Å². The standard InChI is InChI=1S/C17H22BrN7O/c1-21-5-4-12(20)17(26)24-13-8-23-16-14(13)15(11(18)7-22-16)25-6-2-3-10(19)9-25/h4-5,7-8,10,20-21H,2-3,6,9,19H2,1H3,(H,22,23)(H,24,26)/b5-4-,20-12?/t10-/m1/s1. The summed E-state index contributed by atoms with van der Waals surface area (Å²) in [7, 11) is 1.71. The minimum absolute atomic E-state index is 0.121. The molecule has 6 N–H and O–H groups in total. The molecule has 1 aliphatic heterocycles. The Morgan fingerprint density at radius 2 is 2.38 bits per heavy atom. The molecular weight excluding hydrogens is 398 g/mol. The molecule has 0 aromatic carbocycles. The van der Waals surface area contributed by atoms with Gasteiger partial charge in [-0.2, -0.15) is 0 Å². The number of pyridine rings is 1. The number of fused-ring (bicyclic) bond motifs is 1. The third-order valence-corrected chi connectivity index (χ3v) is 4.89. The summed E-state index contributed by atoms with van der Waals surface area (Å²) in [5.41, 5.74) is 8.23. The van der Waals surface area contributed by atoms with Crippen molar-refractivity contribution >= 4 is 50.0 Å². The van der Waals surface area contributed by atoms with E-state index in [1.165, 1.54) is 12.3 Å². The molecular formula is C17H22BrN7O. The lowest BCUT2D eigenvalue weighted by atomic mass is 10.1. The summed E-state index contributed by atoms with van der Waals surface area (Å²) in [5.74, 6) is -0.487. The van der Waals surface area contributed by atoms with Gasteiger partial charge in [0.25, 0.3) is 5.91 Å². The van der Waals surface area contributed by atoms with Crippen molar-refractivity contribution < 1.29 is 4.79 Å². The van der Waals surface area contributed by atoms with Crippen LogP contribution in [-0.4, -0.2) is 47.8 Å². The molecule has 26 heavy (non-hydrogen) atoms. The number of H-pyrrole nitrogens is 1. The number of piperidine rings is 1. The van der Waals surface area contributed by atoms with Gasteiger partial charge in [0, 0.05) is 38.6 Å². The van der Waals surface area contributed by atoms with E-state index in [1.807, 2.05) is 0 Å². The number of nitrogens with one attached hydrogen (secondary N) is 4. The average Bonchev–Trinajstić information content (AvgIpc) is 3.02. The van der Waals surface area contributed by atoms with Gasteiger partial charge in [0.2, 0.25) is 0 Å². The van der Waals surface area contributed by atoms with Crippen molar-refractivity contribution in [3.05, 3.63) is 29.1 Å². The topological polar surface area (TPSA) is 123 Å². The number of rotatable bonds is 5. The largest absolute Gasteiger partial charge is 0.394 e. The van der Waals surface area contributed by atoms with E-state index >= 15 is 0 Å². The van der Waals surface area contributed by atoms with Crippen molar-refractivity contribution in [3.63, 3.8) is 0 Å². The van der Waals surface area contributed by atoms with E-state index < -0.39 is 5.91 Å². The Balaban J connectivity index is 1.97. The number of carbonyl (C=O) groups excluding carboxylic acids is 1. The molecule has 3 rings (SSSR count). The number of nitrogens with zero attached hydrogens (tertiary/aromatic N) is 2. The van der Waals surface area contributed by atoms with Gasteiger partial charge in [0.1, 0.15) is 11.4 Å². The first kappa shape index (κ1) is 18.4. The first-order valence-corrected chi connectivity index (χ1v) is 9.20. The van der Waals surface area contributed by atoms with Crippen molar-refractivity contribution in [2.24, 2.45) is 5.73 Å². The maximum atomic E-state index is 12.3. The molecule has 0 saturated carbocycles. The van der Waals surface area contributed by atoms with Crippen LogP contribution in [0, 0.1) is 5.41 Å². The highest BCUT2D eigenvalue weighted by Crippen LogP contribution is 2.38. The molecule has 0 spiro atoms. The van der Waals surface area contributed by atoms with Crippen LogP contribution in [0.15, 0.2) is 29.1 Å². The Morgan fingerprint density at radius 1 is 1.58 bits per heavy atom. The molecule has 1 saturated heterocycles. The van der Waals surface area contributed by atoms with E-state index in [-0.39, 0.29) is 11.8 Å². The minimum Gasteiger partial charge on any atom is -0.394 e. The van der Waals surface area contributed by atoms with Crippen molar-refractivity contribution in [1.29, 1.82) is 5.41 Å². The molecule has 0 unspecified atom stereocenters. The van der Waals surface area contributed by atoms with Crippen LogP contribution in [0.5, 0.6) is 0 Å². The van der Waals surface area contributed by atoms with Gasteiger partial charge in [-0.05, 0) is 41.0 Å². The molecule has 138 valence electrons. The fourth-order valence-corrected chi connectivity index (χ4v) is 3.66. The van der Waals surface area contributed by atoms with Crippen LogP contribution in [0.25, 0.3) is 11.0 Å². The zero-order valence-corrected chi connectivity index (χ0v) is 16.1. The van der Waals surface area contributed by atoms with E-state index in [1.54, 1.807) is 19.4 Å². The number of anilines is 2. The lowest BCUT2D eigenvalue weighted by Gasteiger charge is -2.33.